The molecule has 0 bridgehead atoms. The van der Waals surface area contributed by atoms with E-state index in [-0.39, 0.29) is 34.9 Å². The van der Waals surface area contributed by atoms with Crippen LogP contribution in [-0.4, -0.2) is 66.5 Å². The van der Waals surface area contributed by atoms with E-state index in [1.807, 2.05) is 0 Å². The molecule has 7 nitrogen and oxygen atoms in total. The van der Waals surface area contributed by atoms with Crippen molar-refractivity contribution in [2.75, 3.05) is 33.7 Å². The molecule has 0 spiro atoms. The zero-order valence-corrected chi connectivity index (χ0v) is 19.0. The maximum atomic E-state index is 14.0. The van der Waals surface area contributed by atoms with Crippen molar-refractivity contribution in [2.45, 2.75) is 38.1 Å². The summed E-state index contributed by atoms with van der Waals surface area (Å²) in [7, 11) is 3.44. The van der Waals surface area contributed by atoms with Gasteiger partial charge in [0.25, 0.3) is 5.91 Å². The lowest BCUT2D eigenvalue weighted by molar-refractivity contribution is -0.135. The van der Waals surface area contributed by atoms with E-state index in [0.717, 1.165) is 25.2 Å². The van der Waals surface area contributed by atoms with Crippen molar-refractivity contribution in [3.8, 4) is 11.3 Å². The normalized spacial score (nSPS) is 21.8. The van der Waals surface area contributed by atoms with Crippen LogP contribution >= 0.6 is 0 Å². The number of carbonyl (C=O) groups is 2. The summed E-state index contributed by atoms with van der Waals surface area (Å²) in [5.41, 5.74) is 0.00185. The fourth-order valence-corrected chi connectivity index (χ4v) is 4.94. The third kappa shape index (κ3) is 5.40. The van der Waals surface area contributed by atoms with Gasteiger partial charge in [-0.1, -0.05) is 18.0 Å². The third-order valence-electron chi connectivity index (χ3n) is 6.70. The molecule has 4 rings (SSSR count). The van der Waals surface area contributed by atoms with Crippen LogP contribution in [0.2, 0.25) is 0 Å². The van der Waals surface area contributed by atoms with Gasteiger partial charge in [-0.05, 0) is 37.3 Å². The summed E-state index contributed by atoms with van der Waals surface area (Å²) < 4.78 is 32.3. The Hall–Kier alpha value is -2.81. The first-order valence-corrected chi connectivity index (χ1v) is 11.5. The summed E-state index contributed by atoms with van der Waals surface area (Å²) in [4.78, 5) is 29.7. The maximum absolute atomic E-state index is 14.0. The quantitative estimate of drug-likeness (QED) is 0.716. The average Bonchev–Trinajstić information content (AvgIpc) is 3.46. The summed E-state index contributed by atoms with van der Waals surface area (Å²) in [6.07, 6.45) is 5.69. The van der Waals surface area contributed by atoms with Crippen molar-refractivity contribution < 1.29 is 22.9 Å². The van der Waals surface area contributed by atoms with Crippen LogP contribution in [0.5, 0.6) is 0 Å². The summed E-state index contributed by atoms with van der Waals surface area (Å²) in [5.74, 6) is -1.66. The average molecular weight is 461 g/mol. The second-order valence-electron chi connectivity index (χ2n) is 9.32. The van der Waals surface area contributed by atoms with Crippen molar-refractivity contribution in [3.63, 3.8) is 0 Å². The highest BCUT2D eigenvalue weighted by molar-refractivity contribution is 5.94. The molecule has 2 fully saturated rings. The first-order chi connectivity index (χ1) is 15.8. The van der Waals surface area contributed by atoms with Crippen LogP contribution in [0.1, 0.15) is 42.6 Å². The third-order valence-corrected chi connectivity index (χ3v) is 6.70. The lowest BCUT2D eigenvalue weighted by Gasteiger charge is -2.39. The Bertz CT molecular complexity index is 1000. The van der Waals surface area contributed by atoms with Gasteiger partial charge >= 0.3 is 0 Å². The first kappa shape index (κ1) is 23.4. The predicted octanol–water partition coefficient (Wildman–Crippen LogP) is 3.32. The van der Waals surface area contributed by atoms with Crippen LogP contribution < -0.4 is 5.32 Å². The van der Waals surface area contributed by atoms with Gasteiger partial charge in [0.2, 0.25) is 5.91 Å². The highest BCUT2D eigenvalue weighted by Crippen LogP contribution is 2.28. The topological polar surface area (TPSA) is 78.7 Å². The molecule has 2 amide bonds. The number of nitrogens with one attached hydrogen (secondary N) is 1. The molecule has 1 aromatic carbocycles. The standard InChI is InChI=1S/C24H30F2N4O3/c1-29(2)24(32)18-14-30(13-15-5-3-4-6-15)10-9-20(18)27-23(31)21-12-22(33-28-21)17-8-7-16(25)11-19(17)26/h7-8,11-12,15,18,20H,3-6,9-10,13-14H2,1-2H3,(H,27,31). The van der Waals surface area contributed by atoms with E-state index in [1.54, 1.807) is 19.0 Å². The zero-order valence-electron chi connectivity index (χ0n) is 19.0. The molecule has 2 aliphatic rings. The van der Waals surface area contributed by atoms with E-state index in [1.165, 1.54) is 37.8 Å². The number of halogens is 2. The second kappa shape index (κ2) is 9.99. The van der Waals surface area contributed by atoms with E-state index in [2.05, 4.69) is 15.4 Å². The molecule has 1 aliphatic heterocycles. The van der Waals surface area contributed by atoms with E-state index in [0.29, 0.717) is 18.9 Å². The van der Waals surface area contributed by atoms with E-state index in [4.69, 9.17) is 4.52 Å². The Kier molecular flexibility index (Phi) is 7.07. The minimum Gasteiger partial charge on any atom is -0.355 e. The monoisotopic (exact) mass is 460 g/mol. The van der Waals surface area contributed by atoms with Gasteiger partial charge in [0.15, 0.2) is 11.5 Å². The maximum Gasteiger partial charge on any atom is 0.273 e. The minimum atomic E-state index is -0.801. The molecular weight excluding hydrogens is 430 g/mol. The van der Waals surface area contributed by atoms with Gasteiger partial charge in [-0.15, -0.1) is 0 Å². The van der Waals surface area contributed by atoms with Gasteiger partial charge in [0.1, 0.15) is 11.6 Å². The van der Waals surface area contributed by atoms with Gasteiger partial charge in [-0.3, -0.25) is 9.59 Å². The van der Waals surface area contributed by atoms with Gasteiger partial charge in [0.05, 0.1) is 11.5 Å². The molecule has 2 aromatic rings. The Balaban J connectivity index is 1.44. The van der Waals surface area contributed by atoms with Gasteiger partial charge in [-0.2, -0.15) is 0 Å². The molecule has 1 N–H and O–H groups in total. The number of hydrogen-bond donors (Lipinski definition) is 1. The van der Waals surface area contributed by atoms with E-state index >= 15 is 0 Å². The van der Waals surface area contributed by atoms with Crippen molar-refractivity contribution >= 4 is 11.8 Å². The number of carbonyl (C=O) groups excluding carboxylic acids is 2. The first-order valence-electron chi connectivity index (χ1n) is 11.5. The molecule has 2 unspecified atom stereocenters. The number of aromatic nitrogens is 1. The van der Waals surface area contributed by atoms with Crippen LogP contribution in [0.25, 0.3) is 11.3 Å². The summed E-state index contributed by atoms with van der Waals surface area (Å²) in [6, 6.07) is 4.07. The Morgan fingerprint density at radius 2 is 1.94 bits per heavy atom. The number of benzene rings is 1. The van der Waals surface area contributed by atoms with Crippen molar-refractivity contribution in [1.29, 1.82) is 0 Å². The van der Waals surface area contributed by atoms with Gasteiger partial charge < -0.3 is 19.6 Å². The van der Waals surface area contributed by atoms with E-state index < -0.39 is 17.5 Å². The molecule has 9 heteroatoms. The molecule has 178 valence electrons. The van der Waals surface area contributed by atoms with Crippen molar-refractivity contribution in [2.24, 2.45) is 11.8 Å². The molecule has 2 atom stereocenters. The molecule has 0 radical (unpaired) electrons. The fraction of sp³-hybridized carbons (Fsp3) is 0.542. The fourth-order valence-electron chi connectivity index (χ4n) is 4.94. The van der Waals surface area contributed by atoms with Crippen LogP contribution in [0.4, 0.5) is 8.78 Å². The largest absolute Gasteiger partial charge is 0.355 e. The lowest BCUT2D eigenvalue weighted by Crippen LogP contribution is -2.56. The molecule has 2 heterocycles. The Morgan fingerprint density at radius 1 is 1.18 bits per heavy atom. The van der Waals surface area contributed by atoms with Gasteiger partial charge in [0, 0.05) is 51.9 Å². The highest BCUT2D eigenvalue weighted by Gasteiger charge is 2.37. The molecule has 33 heavy (non-hydrogen) atoms. The Labute approximate surface area is 192 Å². The summed E-state index contributed by atoms with van der Waals surface area (Å²) >= 11 is 0. The number of hydrogen-bond acceptors (Lipinski definition) is 5. The highest BCUT2D eigenvalue weighted by atomic mass is 19.1. The number of likely N-dealkylation sites (tertiary alicyclic amines) is 1. The van der Waals surface area contributed by atoms with Gasteiger partial charge in [-0.25, -0.2) is 8.78 Å². The number of piperidine rings is 1. The smallest absolute Gasteiger partial charge is 0.273 e. The zero-order chi connectivity index (χ0) is 23.5. The number of nitrogens with zero attached hydrogens (tertiary/aromatic N) is 3. The number of amides is 2. The molecule has 1 saturated heterocycles. The van der Waals surface area contributed by atoms with Crippen LogP contribution in [0.15, 0.2) is 28.8 Å². The predicted molar refractivity (Wildman–Crippen MR) is 118 cm³/mol. The van der Waals surface area contributed by atoms with Crippen LogP contribution in [-0.2, 0) is 4.79 Å². The Morgan fingerprint density at radius 3 is 2.64 bits per heavy atom. The molecule has 1 aromatic heterocycles. The van der Waals surface area contributed by atoms with Crippen molar-refractivity contribution in [3.05, 3.63) is 41.6 Å². The SMILES string of the molecule is CN(C)C(=O)C1CN(CC2CCCC2)CCC1NC(=O)c1cc(-c2ccc(F)cc2F)on1. The van der Waals surface area contributed by atoms with Crippen LogP contribution in [0, 0.1) is 23.5 Å². The second-order valence-corrected chi connectivity index (χ2v) is 9.32. The van der Waals surface area contributed by atoms with E-state index in [9.17, 15) is 18.4 Å². The summed E-state index contributed by atoms with van der Waals surface area (Å²) in [5, 5.41) is 6.69. The summed E-state index contributed by atoms with van der Waals surface area (Å²) in [6.45, 7) is 2.40. The van der Waals surface area contributed by atoms with Crippen LogP contribution in [0.3, 0.4) is 0 Å². The molecule has 1 aliphatic carbocycles. The number of rotatable bonds is 6. The molecular formula is C24H30F2N4O3. The van der Waals surface area contributed by atoms with Crippen molar-refractivity contribution in [1.82, 2.24) is 20.3 Å². The minimum absolute atomic E-state index is 0.0156. The molecule has 1 saturated carbocycles. The lowest BCUT2D eigenvalue weighted by atomic mass is 9.89.